The summed E-state index contributed by atoms with van der Waals surface area (Å²) >= 11 is 0. The van der Waals surface area contributed by atoms with Crippen molar-refractivity contribution in [3.8, 4) is 11.3 Å². The summed E-state index contributed by atoms with van der Waals surface area (Å²) in [7, 11) is 0. The van der Waals surface area contributed by atoms with E-state index in [2.05, 4.69) is 19.9 Å². The molecule has 0 saturated carbocycles. The predicted molar refractivity (Wildman–Crippen MR) is 125 cm³/mol. The smallest absolute Gasteiger partial charge is 0.410 e. The van der Waals surface area contributed by atoms with Crippen LogP contribution in [0.1, 0.15) is 33.2 Å². The lowest BCUT2D eigenvalue weighted by atomic mass is 10.2. The Bertz CT molecular complexity index is 1180. The molecule has 1 atom stereocenters. The summed E-state index contributed by atoms with van der Waals surface area (Å²) in [6, 6.07) is 0.0282. The molecule has 1 amide bonds. The molecule has 180 valence electrons. The number of nitrogens with zero attached hydrogens (tertiary/aromatic N) is 8. The number of hydrogen-bond acceptors (Lipinski definition) is 10. The summed E-state index contributed by atoms with van der Waals surface area (Å²) in [4.78, 5) is 39.0. The first-order chi connectivity index (χ1) is 16.3. The molecule has 2 N–H and O–H groups in total. The van der Waals surface area contributed by atoms with Crippen LogP contribution in [-0.4, -0.2) is 85.5 Å². The van der Waals surface area contributed by atoms with Crippen LogP contribution in [0.5, 0.6) is 0 Å². The van der Waals surface area contributed by atoms with E-state index in [9.17, 15) is 4.79 Å². The van der Waals surface area contributed by atoms with Gasteiger partial charge in [0.05, 0.1) is 25.6 Å². The monoisotopic (exact) mass is 467 g/mol. The van der Waals surface area contributed by atoms with Crippen LogP contribution in [0.2, 0.25) is 0 Å². The molecule has 0 radical (unpaired) electrons. The van der Waals surface area contributed by atoms with E-state index in [1.165, 1.54) is 0 Å². The minimum atomic E-state index is -0.535. The van der Waals surface area contributed by atoms with E-state index < -0.39 is 5.60 Å². The van der Waals surface area contributed by atoms with Gasteiger partial charge in [-0.2, -0.15) is 4.98 Å². The van der Waals surface area contributed by atoms with E-state index in [0.29, 0.717) is 67.8 Å². The van der Waals surface area contributed by atoms with Gasteiger partial charge in [-0.05, 0) is 27.2 Å². The minimum Gasteiger partial charge on any atom is -0.444 e. The van der Waals surface area contributed by atoms with Crippen molar-refractivity contribution in [2.75, 3.05) is 50.0 Å². The van der Waals surface area contributed by atoms with E-state index in [-0.39, 0.29) is 18.1 Å². The van der Waals surface area contributed by atoms with Gasteiger partial charge < -0.3 is 29.6 Å². The average molecular weight is 468 g/mol. The number of morpholine rings is 1. The highest BCUT2D eigenvalue weighted by atomic mass is 16.6. The Kier molecular flexibility index (Phi) is 5.68. The molecule has 3 aromatic rings. The lowest BCUT2D eigenvalue weighted by Gasteiger charge is -2.27. The van der Waals surface area contributed by atoms with Crippen LogP contribution in [0.15, 0.2) is 18.7 Å². The number of likely N-dealkylation sites (tertiary alicyclic amines) is 1. The van der Waals surface area contributed by atoms with Gasteiger partial charge in [-0.15, -0.1) is 0 Å². The molecule has 0 bridgehead atoms. The number of carbonyl (C=O) groups is 1. The Balaban J connectivity index is 1.52. The van der Waals surface area contributed by atoms with Gasteiger partial charge in [0, 0.05) is 44.1 Å². The summed E-state index contributed by atoms with van der Waals surface area (Å²) in [6.07, 6.45) is 5.54. The number of amides is 1. The van der Waals surface area contributed by atoms with Gasteiger partial charge in [-0.1, -0.05) is 0 Å². The molecule has 0 aromatic carbocycles. The molecule has 2 aliphatic heterocycles. The molecular formula is C22H29N9O3. The largest absolute Gasteiger partial charge is 0.444 e. The molecule has 0 spiro atoms. The number of aromatic nitrogens is 6. The maximum atomic E-state index is 12.6. The molecule has 3 aromatic heterocycles. The third kappa shape index (κ3) is 4.45. The Morgan fingerprint density at radius 2 is 1.85 bits per heavy atom. The molecule has 0 aliphatic carbocycles. The molecule has 5 heterocycles. The average Bonchev–Trinajstić information content (AvgIpc) is 3.46. The van der Waals surface area contributed by atoms with Gasteiger partial charge in [-0.25, -0.2) is 24.7 Å². The maximum absolute atomic E-state index is 12.6. The van der Waals surface area contributed by atoms with Crippen LogP contribution in [-0.2, 0) is 9.47 Å². The summed E-state index contributed by atoms with van der Waals surface area (Å²) in [5.74, 6) is 0.799. The first-order valence-corrected chi connectivity index (χ1v) is 11.4. The third-order valence-electron chi connectivity index (χ3n) is 5.86. The highest BCUT2D eigenvalue weighted by Crippen LogP contribution is 2.31. The minimum absolute atomic E-state index is 0.0282. The first-order valence-electron chi connectivity index (χ1n) is 11.4. The van der Waals surface area contributed by atoms with E-state index in [0.717, 1.165) is 6.42 Å². The fourth-order valence-corrected chi connectivity index (χ4v) is 4.20. The van der Waals surface area contributed by atoms with E-state index in [1.807, 2.05) is 25.3 Å². The van der Waals surface area contributed by atoms with Crippen molar-refractivity contribution in [3.05, 3.63) is 18.7 Å². The van der Waals surface area contributed by atoms with Crippen LogP contribution in [0.3, 0.4) is 0 Å². The summed E-state index contributed by atoms with van der Waals surface area (Å²) in [6.45, 7) is 9.39. The normalized spacial score (nSPS) is 19.1. The Morgan fingerprint density at radius 3 is 2.56 bits per heavy atom. The van der Waals surface area contributed by atoms with Crippen LogP contribution in [0.4, 0.5) is 16.7 Å². The number of nitrogen functional groups attached to an aromatic ring is 1. The zero-order chi connectivity index (χ0) is 23.9. The Hall–Kier alpha value is -3.54. The van der Waals surface area contributed by atoms with Crippen molar-refractivity contribution in [3.63, 3.8) is 0 Å². The Labute approximate surface area is 197 Å². The molecule has 2 aliphatic rings. The van der Waals surface area contributed by atoms with Gasteiger partial charge in [0.15, 0.2) is 5.65 Å². The van der Waals surface area contributed by atoms with Crippen molar-refractivity contribution in [1.82, 2.24) is 34.4 Å². The molecule has 2 saturated heterocycles. The number of fused-ring (bicyclic) bond motifs is 1. The quantitative estimate of drug-likeness (QED) is 0.608. The van der Waals surface area contributed by atoms with Crippen molar-refractivity contribution in [1.29, 1.82) is 0 Å². The van der Waals surface area contributed by atoms with Gasteiger partial charge in [0.1, 0.15) is 16.8 Å². The van der Waals surface area contributed by atoms with Crippen molar-refractivity contribution in [2.45, 2.75) is 38.8 Å². The molecule has 2 fully saturated rings. The summed E-state index contributed by atoms with van der Waals surface area (Å²) in [5, 5.41) is 0. The third-order valence-corrected chi connectivity index (χ3v) is 5.86. The second-order valence-corrected chi connectivity index (χ2v) is 9.49. The van der Waals surface area contributed by atoms with Crippen LogP contribution in [0.25, 0.3) is 22.4 Å². The number of carbonyl (C=O) groups excluding carboxylic acids is 1. The van der Waals surface area contributed by atoms with Crippen LogP contribution >= 0.6 is 0 Å². The summed E-state index contributed by atoms with van der Waals surface area (Å²) in [5.41, 5.74) is 7.87. The molecule has 12 heteroatoms. The second kappa shape index (κ2) is 8.67. The Morgan fingerprint density at radius 1 is 1.12 bits per heavy atom. The van der Waals surface area contributed by atoms with Crippen LogP contribution in [0, 0.1) is 0 Å². The first kappa shape index (κ1) is 22.3. The lowest BCUT2D eigenvalue weighted by molar-refractivity contribution is 0.0289. The highest BCUT2D eigenvalue weighted by molar-refractivity contribution is 5.88. The van der Waals surface area contributed by atoms with E-state index in [4.69, 9.17) is 25.2 Å². The van der Waals surface area contributed by atoms with Gasteiger partial charge in [-0.3, -0.25) is 0 Å². The van der Waals surface area contributed by atoms with Gasteiger partial charge >= 0.3 is 6.09 Å². The predicted octanol–water partition coefficient (Wildman–Crippen LogP) is 1.88. The van der Waals surface area contributed by atoms with Gasteiger partial charge in [0.25, 0.3) is 0 Å². The lowest BCUT2D eigenvalue weighted by Crippen LogP contribution is -2.37. The fraction of sp³-hybridized carbons (Fsp3) is 0.545. The summed E-state index contributed by atoms with van der Waals surface area (Å²) < 4.78 is 13.1. The number of ether oxygens (including phenoxy) is 2. The number of hydrogen-bond donors (Lipinski definition) is 1. The highest BCUT2D eigenvalue weighted by Gasteiger charge is 2.32. The zero-order valence-electron chi connectivity index (χ0n) is 19.6. The number of imidazole rings is 1. The molecule has 34 heavy (non-hydrogen) atoms. The van der Waals surface area contributed by atoms with E-state index >= 15 is 0 Å². The maximum Gasteiger partial charge on any atom is 0.410 e. The molecule has 1 unspecified atom stereocenters. The zero-order valence-corrected chi connectivity index (χ0v) is 19.6. The van der Waals surface area contributed by atoms with E-state index in [1.54, 1.807) is 23.6 Å². The molecular weight excluding hydrogens is 438 g/mol. The number of anilines is 2. The van der Waals surface area contributed by atoms with Crippen molar-refractivity contribution < 1.29 is 14.3 Å². The second-order valence-electron chi connectivity index (χ2n) is 9.49. The number of nitrogens with two attached hydrogens (primary N) is 1. The SMILES string of the molecule is CC(C)(C)OC(=O)N1CCC(n2cnc3c(-c4cnc(N)nc4)nc(N4CCOCC4)nc32)C1. The van der Waals surface area contributed by atoms with Crippen molar-refractivity contribution in [2.24, 2.45) is 0 Å². The van der Waals surface area contributed by atoms with Crippen molar-refractivity contribution >= 4 is 29.2 Å². The molecule has 5 rings (SSSR count). The van der Waals surface area contributed by atoms with Gasteiger partial charge in [0.2, 0.25) is 11.9 Å². The molecule has 12 nitrogen and oxygen atoms in total. The van der Waals surface area contributed by atoms with Crippen LogP contribution < -0.4 is 10.6 Å². The standard InChI is InChI=1S/C22H29N9O3/c1-22(2,3)34-21(32)30-5-4-15(12-30)31-13-26-17-16(14-10-24-19(23)25-11-14)27-20(28-18(17)31)29-6-8-33-9-7-29/h10-11,13,15H,4-9,12H2,1-3H3,(H2,23,24,25). The fourth-order valence-electron chi connectivity index (χ4n) is 4.20. The topological polar surface area (TPSA) is 137 Å². The number of rotatable bonds is 3.